The number of phenolic OH excluding ortho intramolecular Hbond substituents is 1. The zero-order valence-electron chi connectivity index (χ0n) is 9.34. The summed E-state index contributed by atoms with van der Waals surface area (Å²) in [5, 5.41) is 28.3. The number of rotatable bonds is 2. The van der Waals surface area contributed by atoms with Gasteiger partial charge in [0.2, 0.25) is 0 Å². The quantitative estimate of drug-likeness (QED) is 0.896. The third kappa shape index (κ3) is 2.53. The Morgan fingerprint density at radius 3 is 2.22 bits per heavy atom. The average molecular weight is 304 g/mol. The van der Waals surface area contributed by atoms with Gasteiger partial charge in [0.25, 0.3) is 0 Å². The van der Waals surface area contributed by atoms with Gasteiger partial charge in [-0.05, 0) is 51.3 Å². The van der Waals surface area contributed by atoms with Crippen molar-refractivity contribution < 1.29 is 10.2 Å². The van der Waals surface area contributed by atoms with E-state index in [1.54, 1.807) is 36.4 Å². The van der Waals surface area contributed by atoms with Crippen molar-refractivity contribution in [1.29, 1.82) is 5.26 Å². The van der Waals surface area contributed by atoms with E-state index in [0.29, 0.717) is 21.2 Å². The van der Waals surface area contributed by atoms with Crippen molar-refractivity contribution in [2.75, 3.05) is 0 Å². The van der Waals surface area contributed by atoms with Crippen LogP contribution in [0.1, 0.15) is 22.8 Å². The number of aliphatic hydroxyl groups excluding tert-OH is 1. The Morgan fingerprint density at radius 1 is 1.06 bits per heavy atom. The van der Waals surface area contributed by atoms with E-state index < -0.39 is 6.10 Å². The van der Waals surface area contributed by atoms with Crippen LogP contribution in [0, 0.1) is 11.3 Å². The van der Waals surface area contributed by atoms with Gasteiger partial charge in [0.15, 0.2) is 0 Å². The zero-order valence-corrected chi connectivity index (χ0v) is 10.9. The third-order valence-corrected chi connectivity index (χ3v) is 3.28. The summed E-state index contributed by atoms with van der Waals surface area (Å²) >= 11 is 3.21. The largest absolute Gasteiger partial charge is 0.507 e. The van der Waals surface area contributed by atoms with E-state index in [1.165, 1.54) is 6.07 Å². The van der Waals surface area contributed by atoms with Crippen molar-refractivity contribution in [1.82, 2.24) is 0 Å². The summed E-state index contributed by atoms with van der Waals surface area (Å²) < 4.78 is 0.535. The number of phenols is 1. The van der Waals surface area contributed by atoms with Crippen molar-refractivity contribution >= 4 is 15.9 Å². The summed E-state index contributed by atoms with van der Waals surface area (Å²) in [6, 6.07) is 13.6. The van der Waals surface area contributed by atoms with Gasteiger partial charge in [0, 0.05) is 0 Å². The average Bonchev–Trinajstić information content (AvgIpc) is 2.41. The lowest BCUT2D eigenvalue weighted by atomic mass is 10.0. The van der Waals surface area contributed by atoms with Crippen LogP contribution in [0.5, 0.6) is 5.75 Å². The van der Waals surface area contributed by atoms with Crippen LogP contribution in [0.3, 0.4) is 0 Å². The van der Waals surface area contributed by atoms with Gasteiger partial charge in [-0.2, -0.15) is 5.26 Å². The number of nitriles is 1. The first-order chi connectivity index (χ1) is 8.61. The molecule has 0 saturated heterocycles. The number of nitrogens with zero attached hydrogens (tertiary/aromatic N) is 1. The molecule has 1 atom stereocenters. The fourth-order valence-corrected chi connectivity index (χ4v) is 2.02. The molecule has 0 saturated carbocycles. The molecule has 18 heavy (non-hydrogen) atoms. The summed E-state index contributed by atoms with van der Waals surface area (Å²) in [6.45, 7) is 0. The standard InChI is InChI=1S/C14H10BrNO2/c15-12-7-11(5-6-13(12)17)14(18)10-3-1-9(8-16)2-4-10/h1-7,14,17-18H/t14-/m1/s1. The number of benzene rings is 2. The van der Waals surface area contributed by atoms with Gasteiger partial charge in [-0.1, -0.05) is 18.2 Å². The first kappa shape index (κ1) is 12.6. The molecule has 0 spiro atoms. The molecule has 3 nitrogen and oxygen atoms in total. The molecular formula is C14H10BrNO2. The van der Waals surface area contributed by atoms with Crippen molar-refractivity contribution in [2.45, 2.75) is 6.10 Å². The molecule has 0 fully saturated rings. The van der Waals surface area contributed by atoms with Gasteiger partial charge in [0.05, 0.1) is 16.1 Å². The van der Waals surface area contributed by atoms with E-state index in [1.807, 2.05) is 6.07 Å². The van der Waals surface area contributed by atoms with E-state index in [4.69, 9.17) is 5.26 Å². The SMILES string of the molecule is N#Cc1ccc([C@@H](O)c2ccc(O)c(Br)c2)cc1. The Labute approximate surface area is 113 Å². The Balaban J connectivity index is 2.32. The molecule has 0 radical (unpaired) electrons. The van der Waals surface area contributed by atoms with Gasteiger partial charge in [0.1, 0.15) is 11.9 Å². The maximum absolute atomic E-state index is 10.2. The molecule has 0 bridgehead atoms. The normalized spacial score (nSPS) is 11.8. The second-order valence-corrected chi connectivity index (χ2v) is 4.70. The highest BCUT2D eigenvalue weighted by Gasteiger charge is 2.11. The molecule has 2 aromatic carbocycles. The minimum Gasteiger partial charge on any atom is -0.507 e. The number of aliphatic hydroxyl groups is 1. The maximum Gasteiger partial charge on any atom is 0.129 e. The van der Waals surface area contributed by atoms with Gasteiger partial charge < -0.3 is 10.2 Å². The molecule has 0 aliphatic heterocycles. The van der Waals surface area contributed by atoms with Crippen LogP contribution in [0.4, 0.5) is 0 Å². The Morgan fingerprint density at radius 2 is 1.67 bits per heavy atom. The van der Waals surface area contributed by atoms with Crippen molar-refractivity contribution in [2.24, 2.45) is 0 Å². The smallest absolute Gasteiger partial charge is 0.129 e. The summed E-state index contributed by atoms with van der Waals surface area (Å²) in [5.41, 5.74) is 1.92. The van der Waals surface area contributed by atoms with Crippen molar-refractivity contribution in [3.8, 4) is 11.8 Å². The Bertz CT molecular complexity index is 602. The Hall–Kier alpha value is -1.83. The van der Waals surface area contributed by atoms with E-state index in [0.717, 1.165) is 0 Å². The predicted molar refractivity (Wildman–Crippen MR) is 71.0 cm³/mol. The molecule has 2 aromatic rings. The molecule has 0 heterocycles. The van der Waals surface area contributed by atoms with Crippen molar-refractivity contribution in [3.05, 3.63) is 63.6 Å². The second-order valence-electron chi connectivity index (χ2n) is 3.85. The summed E-state index contributed by atoms with van der Waals surface area (Å²) in [5.74, 6) is 0.130. The summed E-state index contributed by atoms with van der Waals surface area (Å²) in [7, 11) is 0. The lowest BCUT2D eigenvalue weighted by molar-refractivity contribution is 0.220. The summed E-state index contributed by atoms with van der Waals surface area (Å²) in [6.07, 6.45) is -0.783. The molecule has 2 N–H and O–H groups in total. The number of halogens is 1. The third-order valence-electron chi connectivity index (χ3n) is 2.64. The molecule has 0 aliphatic carbocycles. The van der Waals surface area contributed by atoms with Crippen LogP contribution >= 0.6 is 15.9 Å². The highest BCUT2D eigenvalue weighted by Crippen LogP contribution is 2.29. The fourth-order valence-electron chi connectivity index (χ4n) is 1.63. The molecule has 4 heteroatoms. The lowest BCUT2D eigenvalue weighted by Gasteiger charge is -2.12. The number of aromatic hydroxyl groups is 1. The van der Waals surface area contributed by atoms with E-state index in [-0.39, 0.29) is 5.75 Å². The van der Waals surface area contributed by atoms with Gasteiger partial charge in [-0.3, -0.25) is 0 Å². The van der Waals surface area contributed by atoms with Gasteiger partial charge >= 0.3 is 0 Å². The number of hydrogen-bond donors (Lipinski definition) is 2. The van der Waals surface area contributed by atoms with E-state index >= 15 is 0 Å². The van der Waals surface area contributed by atoms with E-state index in [2.05, 4.69) is 15.9 Å². The zero-order chi connectivity index (χ0) is 13.1. The van der Waals surface area contributed by atoms with Crippen LogP contribution < -0.4 is 0 Å². The predicted octanol–water partition coefficient (Wildman–Crippen LogP) is 3.11. The van der Waals surface area contributed by atoms with Crippen LogP contribution in [-0.4, -0.2) is 10.2 Å². The topological polar surface area (TPSA) is 64.2 Å². The van der Waals surface area contributed by atoms with Crippen molar-refractivity contribution in [3.63, 3.8) is 0 Å². The molecule has 0 aliphatic rings. The fraction of sp³-hybridized carbons (Fsp3) is 0.0714. The monoisotopic (exact) mass is 303 g/mol. The molecule has 0 amide bonds. The van der Waals surface area contributed by atoms with Crippen LogP contribution in [-0.2, 0) is 0 Å². The highest BCUT2D eigenvalue weighted by atomic mass is 79.9. The summed E-state index contributed by atoms with van der Waals surface area (Å²) in [4.78, 5) is 0. The van der Waals surface area contributed by atoms with Crippen LogP contribution in [0.2, 0.25) is 0 Å². The number of hydrogen-bond acceptors (Lipinski definition) is 3. The van der Waals surface area contributed by atoms with Crippen LogP contribution in [0.15, 0.2) is 46.9 Å². The minimum absolute atomic E-state index is 0.130. The lowest BCUT2D eigenvalue weighted by Crippen LogP contribution is -1.99. The highest BCUT2D eigenvalue weighted by molar-refractivity contribution is 9.10. The first-order valence-corrected chi connectivity index (χ1v) is 6.07. The first-order valence-electron chi connectivity index (χ1n) is 5.28. The second kappa shape index (κ2) is 5.21. The molecule has 2 rings (SSSR count). The molecule has 0 aromatic heterocycles. The minimum atomic E-state index is -0.783. The van der Waals surface area contributed by atoms with E-state index in [9.17, 15) is 10.2 Å². The van der Waals surface area contributed by atoms with Crippen LogP contribution in [0.25, 0.3) is 0 Å². The maximum atomic E-state index is 10.2. The molecule has 90 valence electrons. The molecular weight excluding hydrogens is 294 g/mol. The van der Waals surface area contributed by atoms with Gasteiger partial charge in [-0.15, -0.1) is 0 Å². The van der Waals surface area contributed by atoms with Gasteiger partial charge in [-0.25, -0.2) is 0 Å². The Kier molecular flexibility index (Phi) is 3.66. The molecule has 0 unspecified atom stereocenters.